The SMILES string of the molecule is Cc1cc(N(C)CC2CCC2)c(N)cc1Cl. The Morgan fingerprint density at radius 2 is 2.12 bits per heavy atom. The molecule has 0 atom stereocenters. The molecule has 0 bridgehead atoms. The van der Waals surface area contributed by atoms with E-state index in [1.165, 1.54) is 19.3 Å². The summed E-state index contributed by atoms with van der Waals surface area (Å²) in [6, 6.07) is 3.93. The summed E-state index contributed by atoms with van der Waals surface area (Å²) in [5.74, 6) is 0.848. The number of rotatable bonds is 3. The van der Waals surface area contributed by atoms with Crippen LogP contribution in [-0.2, 0) is 0 Å². The van der Waals surface area contributed by atoms with Crippen molar-refractivity contribution in [2.45, 2.75) is 26.2 Å². The number of hydrogen-bond acceptors (Lipinski definition) is 2. The average Bonchev–Trinajstić information content (AvgIpc) is 2.17. The number of nitrogens with two attached hydrogens (primary N) is 1. The van der Waals surface area contributed by atoms with E-state index in [4.69, 9.17) is 17.3 Å². The van der Waals surface area contributed by atoms with Gasteiger partial charge in [-0.2, -0.15) is 0 Å². The Kier molecular flexibility index (Phi) is 3.29. The minimum atomic E-state index is 0.748. The van der Waals surface area contributed by atoms with Crippen molar-refractivity contribution in [2.24, 2.45) is 5.92 Å². The van der Waals surface area contributed by atoms with E-state index in [1.54, 1.807) is 0 Å². The van der Waals surface area contributed by atoms with Gasteiger partial charge in [0.05, 0.1) is 11.4 Å². The van der Waals surface area contributed by atoms with Crippen LogP contribution in [0.15, 0.2) is 12.1 Å². The quantitative estimate of drug-likeness (QED) is 0.818. The van der Waals surface area contributed by atoms with Crippen LogP contribution in [0.4, 0.5) is 11.4 Å². The first-order valence-corrected chi connectivity index (χ1v) is 6.22. The number of nitrogens with zero attached hydrogens (tertiary/aromatic N) is 1. The maximum Gasteiger partial charge on any atom is 0.0601 e. The van der Waals surface area contributed by atoms with E-state index in [2.05, 4.69) is 18.0 Å². The summed E-state index contributed by atoms with van der Waals surface area (Å²) < 4.78 is 0. The molecule has 0 aromatic heterocycles. The highest BCUT2D eigenvalue weighted by atomic mass is 35.5. The van der Waals surface area contributed by atoms with Gasteiger partial charge in [0.25, 0.3) is 0 Å². The molecule has 1 saturated carbocycles. The van der Waals surface area contributed by atoms with Crippen LogP contribution in [0.25, 0.3) is 0 Å². The average molecular weight is 239 g/mol. The Hall–Kier alpha value is -0.890. The predicted molar refractivity (Wildman–Crippen MR) is 71.2 cm³/mol. The van der Waals surface area contributed by atoms with E-state index in [-0.39, 0.29) is 0 Å². The van der Waals surface area contributed by atoms with Gasteiger partial charge in [0.1, 0.15) is 0 Å². The molecule has 1 aromatic rings. The van der Waals surface area contributed by atoms with Gasteiger partial charge >= 0.3 is 0 Å². The van der Waals surface area contributed by atoms with Gasteiger partial charge in [-0.1, -0.05) is 18.0 Å². The van der Waals surface area contributed by atoms with Gasteiger partial charge in [0.15, 0.2) is 0 Å². The first-order valence-electron chi connectivity index (χ1n) is 5.84. The maximum atomic E-state index is 6.04. The fourth-order valence-electron chi connectivity index (χ4n) is 2.17. The lowest BCUT2D eigenvalue weighted by Crippen LogP contribution is -2.29. The molecule has 1 fully saturated rings. The van der Waals surface area contributed by atoms with Crippen LogP contribution in [-0.4, -0.2) is 13.6 Å². The molecule has 3 heteroatoms. The van der Waals surface area contributed by atoms with E-state index in [0.29, 0.717) is 0 Å². The van der Waals surface area contributed by atoms with Crippen LogP contribution >= 0.6 is 11.6 Å². The van der Waals surface area contributed by atoms with Gasteiger partial charge < -0.3 is 10.6 Å². The summed E-state index contributed by atoms with van der Waals surface area (Å²) >= 11 is 6.04. The molecule has 1 aliphatic rings. The van der Waals surface area contributed by atoms with E-state index in [0.717, 1.165) is 34.4 Å². The van der Waals surface area contributed by atoms with Crippen molar-refractivity contribution in [3.05, 3.63) is 22.7 Å². The van der Waals surface area contributed by atoms with E-state index >= 15 is 0 Å². The molecule has 2 nitrogen and oxygen atoms in total. The molecule has 0 heterocycles. The molecule has 0 aliphatic heterocycles. The number of benzene rings is 1. The van der Waals surface area contributed by atoms with Crippen LogP contribution in [0.2, 0.25) is 5.02 Å². The van der Waals surface area contributed by atoms with Crippen molar-refractivity contribution in [1.29, 1.82) is 0 Å². The molecular weight excluding hydrogens is 220 g/mol. The Labute approximate surface area is 102 Å². The summed E-state index contributed by atoms with van der Waals surface area (Å²) in [6.45, 7) is 3.12. The van der Waals surface area contributed by atoms with Crippen LogP contribution in [0, 0.1) is 12.8 Å². The Morgan fingerprint density at radius 1 is 1.44 bits per heavy atom. The van der Waals surface area contributed by atoms with Gasteiger partial charge in [0, 0.05) is 18.6 Å². The number of anilines is 2. The molecule has 0 saturated heterocycles. The van der Waals surface area contributed by atoms with Gasteiger partial charge in [-0.3, -0.25) is 0 Å². The standard InChI is InChI=1S/C13H19ClN2/c1-9-6-13(12(15)7-11(9)14)16(2)8-10-4-3-5-10/h6-7,10H,3-5,8,15H2,1-2H3. The maximum absolute atomic E-state index is 6.04. The molecule has 0 unspecified atom stereocenters. The highest BCUT2D eigenvalue weighted by Gasteiger charge is 2.20. The van der Waals surface area contributed by atoms with Gasteiger partial charge in [-0.05, 0) is 43.4 Å². The first-order chi connectivity index (χ1) is 7.58. The van der Waals surface area contributed by atoms with E-state index in [1.807, 2.05) is 13.0 Å². The zero-order valence-corrected chi connectivity index (χ0v) is 10.7. The van der Waals surface area contributed by atoms with Gasteiger partial charge in [-0.25, -0.2) is 0 Å². The third-order valence-electron chi connectivity index (χ3n) is 3.48. The topological polar surface area (TPSA) is 29.3 Å². The number of aryl methyl sites for hydroxylation is 1. The van der Waals surface area contributed by atoms with Gasteiger partial charge in [0.2, 0.25) is 0 Å². The molecule has 0 amide bonds. The zero-order chi connectivity index (χ0) is 11.7. The summed E-state index contributed by atoms with van der Waals surface area (Å²) in [6.07, 6.45) is 4.10. The number of halogens is 1. The fraction of sp³-hybridized carbons (Fsp3) is 0.538. The second-order valence-corrected chi connectivity index (χ2v) is 5.24. The summed E-state index contributed by atoms with van der Waals surface area (Å²) in [5, 5.41) is 0.748. The first kappa shape index (κ1) is 11.6. The third-order valence-corrected chi connectivity index (χ3v) is 3.88. The Bertz CT molecular complexity index is 386. The smallest absolute Gasteiger partial charge is 0.0601 e. The largest absolute Gasteiger partial charge is 0.397 e. The molecule has 0 radical (unpaired) electrons. The van der Waals surface area contributed by atoms with Crippen LogP contribution in [0.3, 0.4) is 0 Å². The van der Waals surface area contributed by atoms with Crippen molar-refractivity contribution in [1.82, 2.24) is 0 Å². The normalized spacial score (nSPS) is 15.9. The molecule has 0 spiro atoms. The fourth-order valence-corrected chi connectivity index (χ4v) is 2.35. The molecule has 2 N–H and O–H groups in total. The van der Waals surface area contributed by atoms with Crippen molar-refractivity contribution >= 4 is 23.0 Å². The monoisotopic (exact) mass is 238 g/mol. The minimum absolute atomic E-state index is 0.748. The van der Waals surface area contributed by atoms with Crippen molar-refractivity contribution < 1.29 is 0 Å². The second-order valence-electron chi connectivity index (χ2n) is 4.84. The lowest BCUT2D eigenvalue weighted by atomic mass is 9.85. The molecule has 1 aromatic carbocycles. The highest BCUT2D eigenvalue weighted by Crippen LogP contribution is 2.32. The van der Waals surface area contributed by atoms with Crippen molar-refractivity contribution in [2.75, 3.05) is 24.2 Å². The Balaban J connectivity index is 2.14. The van der Waals surface area contributed by atoms with Crippen LogP contribution in [0.5, 0.6) is 0 Å². The van der Waals surface area contributed by atoms with Crippen LogP contribution < -0.4 is 10.6 Å². The van der Waals surface area contributed by atoms with Crippen LogP contribution in [0.1, 0.15) is 24.8 Å². The second kappa shape index (κ2) is 4.54. The third kappa shape index (κ3) is 2.27. The minimum Gasteiger partial charge on any atom is -0.397 e. The summed E-state index contributed by atoms with van der Waals surface area (Å²) in [4.78, 5) is 2.25. The van der Waals surface area contributed by atoms with Crippen molar-refractivity contribution in [3.8, 4) is 0 Å². The van der Waals surface area contributed by atoms with E-state index in [9.17, 15) is 0 Å². The lowest BCUT2D eigenvalue weighted by Gasteiger charge is -2.32. The van der Waals surface area contributed by atoms with Gasteiger partial charge in [-0.15, -0.1) is 0 Å². The Morgan fingerprint density at radius 3 is 2.69 bits per heavy atom. The molecule has 2 rings (SSSR count). The zero-order valence-electron chi connectivity index (χ0n) is 9.96. The molecular formula is C13H19ClN2. The summed E-state index contributed by atoms with van der Waals surface area (Å²) in [5.41, 5.74) is 8.97. The summed E-state index contributed by atoms with van der Waals surface area (Å²) in [7, 11) is 2.11. The molecule has 1 aliphatic carbocycles. The predicted octanol–water partition coefficient (Wildman–Crippen LogP) is 3.47. The molecule has 88 valence electrons. The highest BCUT2D eigenvalue weighted by molar-refractivity contribution is 6.31. The number of nitrogen functional groups attached to an aromatic ring is 1. The molecule has 16 heavy (non-hydrogen) atoms. The van der Waals surface area contributed by atoms with Crippen molar-refractivity contribution in [3.63, 3.8) is 0 Å². The number of hydrogen-bond donors (Lipinski definition) is 1. The lowest BCUT2D eigenvalue weighted by molar-refractivity contribution is 0.321. The van der Waals surface area contributed by atoms with E-state index < -0.39 is 0 Å².